The van der Waals surface area contributed by atoms with Crippen molar-refractivity contribution in [3.8, 4) is 11.5 Å². The Bertz CT molecular complexity index is 1150. The molecule has 3 heterocycles. The molecule has 8 heteroatoms. The minimum Gasteiger partial charge on any atom is -0.508 e. The molecular weight excluding hydrogens is 436 g/mol. The molecule has 5 rings (SSSR count). The van der Waals surface area contributed by atoms with Crippen molar-refractivity contribution in [2.24, 2.45) is 0 Å². The second-order valence-corrected chi connectivity index (χ2v) is 9.00. The number of fused-ring (bicyclic) bond motifs is 1. The number of carbonyl (C=O) groups is 2. The summed E-state index contributed by atoms with van der Waals surface area (Å²) < 4.78 is 11.1. The molecule has 2 aromatic rings. The van der Waals surface area contributed by atoms with Crippen LogP contribution in [-0.2, 0) is 20.7 Å². The van der Waals surface area contributed by atoms with Crippen LogP contribution in [0.2, 0.25) is 0 Å². The van der Waals surface area contributed by atoms with Crippen LogP contribution in [0.5, 0.6) is 11.5 Å². The van der Waals surface area contributed by atoms with Crippen molar-refractivity contribution in [2.75, 3.05) is 39.4 Å². The Hall–Kier alpha value is -3.36. The Morgan fingerprint density at radius 1 is 1.09 bits per heavy atom. The number of aromatic hydroxyl groups is 1. The molecule has 1 amide bonds. The summed E-state index contributed by atoms with van der Waals surface area (Å²) in [5.74, 6) is -0.804. The molecular formula is C26H28N2O6. The number of aliphatic hydroxyl groups is 1. The molecule has 3 aliphatic heterocycles. The first-order chi connectivity index (χ1) is 16.4. The maximum Gasteiger partial charge on any atom is 0.295 e. The monoisotopic (exact) mass is 464 g/mol. The summed E-state index contributed by atoms with van der Waals surface area (Å²) in [5.41, 5.74) is 2.02. The van der Waals surface area contributed by atoms with Gasteiger partial charge in [0.1, 0.15) is 23.4 Å². The van der Waals surface area contributed by atoms with Gasteiger partial charge >= 0.3 is 0 Å². The number of hydrogen-bond acceptors (Lipinski definition) is 7. The van der Waals surface area contributed by atoms with Gasteiger partial charge in [0.25, 0.3) is 11.7 Å². The molecule has 8 nitrogen and oxygen atoms in total. The first kappa shape index (κ1) is 22.4. The maximum absolute atomic E-state index is 13.2. The van der Waals surface area contributed by atoms with E-state index < -0.39 is 17.7 Å². The highest BCUT2D eigenvalue weighted by Crippen LogP contribution is 2.41. The molecule has 0 aromatic heterocycles. The summed E-state index contributed by atoms with van der Waals surface area (Å²) in [6, 6.07) is 11.0. The van der Waals surface area contributed by atoms with Crippen LogP contribution in [0, 0.1) is 0 Å². The quantitative estimate of drug-likeness (QED) is 0.398. The molecule has 178 valence electrons. The van der Waals surface area contributed by atoms with E-state index in [1.807, 2.05) is 13.0 Å². The number of likely N-dealkylation sites (tertiary alicyclic amines) is 1. The van der Waals surface area contributed by atoms with Crippen LogP contribution in [0.4, 0.5) is 0 Å². The zero-order chi connectivity index (χ0) is 23.8. The van der Waals surface area contributed by atoms with Crippen LogP contribution in [0.1, 0.15) is 29.7 Å². The average Bonchev–Trinajstić information content (AvgIpc) is 3.33. The maximum atomic E-state index is 13.2. The predicted octanol–water partition coefficient (Wildman–Crippen LogP) is 2.47. The topological polar surface area (TPSA) is 99.5 Å². The van der Waals surface area contributed by atoms with Gasteiger partial charge in [-0.3, -0.25) is 14.5 Å². The van der Waals surface area contributed by atoms with Gasteiger partial charge < -0.3 is 24.6 Å². The number of rotatable bonds is 5. The summed E-state index contributed by atoms with van der Waals surface area (Å²) in [4.78, 5) is 30.0. The van der Waals surface area contributed by atoms with E-state index in [0.717, 1.165) is 24.4 Å². The number of ether oxygens (including phenoxy) is 2. The van der Waals surface area contributed by atoms with E-state index in [1.54, 1.807) is 24.3 Å². The number of nitrogens with zero attached hydrogens (tertiary/aromatic N) is 2. The smallest absolute Gasteiger partial charge is 0.295 e. The standard InChI is InChI=1S/C26H28N2O6/c1-16-13-19-14-18(5-6-21(19)34-16)24(30)22-23(17-3-2-4-20(29)15-17)28(26(32)25(22)31)8-7-27-9-11-33-12-10-27/h2-6,14-16,23,29-30H,7-13H2,1H3/t16-,23-/m1/s1. The van der Waals surface area contributed by atoms with Crippen molar-refractivity contribution in [3.05, 3.63) is 64.7 Å². The molecule has 2 aromatic carbocycles. The summed E-state index contributed by atoms with van der Waals surface area (Å²) in [6.07, 6.45) is 0.755. The summed E-state index contributed by atoms with van der Waals surface area (Å²) in [7, 11) is 0. The third-order valence-electron chi connectivity index (χ3n) is 6.66. The van der Waals surface area contributed by atoms with Gasteiger partial charge in [0, 0.05) is 38.2 Å². The molecule has 3 aliphatic rings. The first-order valence-electron chi connectivity index (χ1n) is 11.6. The second-order valence-electron chi connectivity index (χ2n) is 9.00. The lowest BCUT2D eigenvalue weighted by Gasteiger charge is -2.31. The lowest BCUT2D eigenvalue weighted by Crippen LogP contribution is -2.42. The SMILES string of the molecule is C[C@@H]1Cc2cc(C(O)=C3C(=O)C(=O)N(CCN4CCOCC4)[C@@H]3c3cccc(O)c3)ccc2O1. The van der Waals surface area contributed by atoms with E-state index in [1.165, 1.54) is 17.0 Å². The van der Waals surface area contributed by atoms with Crippen LogP contribution in [0.25, 0.3) is 5.76 Å². The Balaban J connectivity index is 1.53. The first-order valence-corrected chi connectivity index (χ1v) is 11.6. The summed E-state index contributed by atoms with van der Waals surface area (Å²) in [5, 5.41) is 21.4. The van der Waals surface area contributed by atoms with Crippen molar-refractivity contribution in [1.82, 2.24) is 9.80 Å². The van der Waals surface area contributed by atoms with Crippen molar-refractivity contribution in [3.63, 3.8) is 0 Å². The number of phenols is 1. The minimum atomic E-state index is -0.795. The third-order valence-corrected chi connectivity index (χ3v) is 6.66. The van der Waals surface area contributed by atoms with Gasteiger partial charge in [-0.1, -0.05) is 12.1 Å². The van der Waals surface area contributed by atoms with Crippen LogP contribution < -0.4 is 4.74 Å². The van der Waals surface area contributed by atoms with Crippen molar-refractivity contribution >= 4 is 17.4 Å². The highest BCUT2D eigenvalue weighted by Gasteiger charge is 2.46. The lowest BCUT2D eigenvalue weighted by molar-refractivity contribution is -0.140. The average molecular weight is 465 g/mol. The zero-order valence-electron chi connectivity index (χ0n) is 19.1. The number of carbonyl (C=O) groups excluding carboxylic acids is 2. The fourth-order valence-electron chi connectivity index (χ4n) is 4.95. The predicted molar refractivity (Wildman–Crippen MR) is 125 cm³/mol. The molecule has 0 unspecified atom stereocenters. The molecule has 2 atom stereocenters. The highest BCUT2D eigenvalue weighted by molar-refractivity contribution is 6.46. The summed E-state index contributed by atoms with van der Waals surface area (Å²) in [6.45, 7) is 5.66. The van der Waals surface area contributed by atoms with Gasteiger partial charge in [0.2, 0.25) is 0 Å². The molecule has 2 fully saturated rings. The van der Waals surface area contributed by atoms with Crippen LogP contribution in [-0.4, -0.2) is 77.2 Å². The number of hydrogen-bond donors (Lipinski definition) is 2. The van der Waals surface area contributed by atoms with Gasteiger partial charge in [0.15, 0.2) is 0 Å². The number of aliphatic hydroxyl groups excluding tert-OH is 1. The molecule has 0 saturated carbocycles. The molecule has 0 bridgehead atoms. The largest absolute Gasteiger partial charge is 0.508 e. The summed E-state index contributed by atoms with van der Waals surface area (Å²) >= 11 is 0. The Morgan fingerprint density at radius 3 is 2.65 bits per heavy atom. The fourth-order valence-corrected chi connectivity index (χ4v) is 4.95. The number of morpholine rings is 1. The lowest BCUT2D eigenvalue weighted by atomic mass is 9.94. The second kappa shape index (κ2) is 9.12. The van der Waals surface area contributed by atoms with E-state index in [2.05, 4.69) is 4.90 Å². The number of phenolic OH excluding ortho intramolecular Hbond substituents is 1. The van der Waals surface area contributed by atoms with E-state index in [9.17, 15) is 19.8 Å². The molecule has 34 heavy (non-hydrogen) atoms. The van der Waals surface area contributed by atoms with E-state index in [4.69, 9.17) is 9.47 Å². The Morgan fingerprint density at radius 2 is 1.88 bits per heavy atom. The van der Waals surface area contributed by atoms with Crippen LogP contribution >= 0.6 is 0 Å². The number of Topliss-reactive ketones (excluding diaryl/α,β-unsaturated/α-hetero) is 1. The molecule has 0 spiro atoms. The van der Waals surface area contributed by atoms with Gasteiger partial charge in [-0.05, 0) is 48.4 Å². The molecule has 0 aliphatic carbocycles. The zero-order valence-corrected chi connectivity index (χ0v) is 19.1. The van der Waals surface area contributed by atoms with E-state index in [-0.39, 0.29) is 23.2 Å². The van der Waals surface area contributed by atoms with Gasteiger partial charge in [0.05, 0.1) is 24.8 Å². The minimum absolute atomic E-state index is 0.0277. The highest BCUT2D eigenvalue weighted by atomic mass is 16.5. The van der Waals surface area contributed by atoms with E-state index >= 15 is 0 Å². The Labute approximate surface area is 198 Å². The van der Waals surface area contributed by atoms with Crippen molar-refractivity contribution < 1.29 is 29.3 Å². The fraction of sp³-hybridized carbons (Fsp3) is 0.385. The van der Waals surface area contributed by atoms with E-state index in [0.29, 0.717) is 43.9 Å². The van der Waals surface area contributed by atoms with Crippen molar-refractivity contribution in [1.29, 1.82) is 0 Å². The molecule has 2 saturated heterocycles. The van der Waals surface area contributed by atoms with Gasteiger partial charge in [-0.2, -0.15) is 0 Å². The molecule has 0 radical (unpaired) electrons. The normalized spacial score (nSPS) is 24.3. The number of benzene rings is 2. The van der Waals surface area contributed by atoms with Gasteiger partial charge in [-0.25, -0.2) is 0 Å². The van der Waals surface area contributed by atoms with Gasteiger partial charge in [-0.15, -0.1) is 0 Å². The Kier molecular flexibility index (Phi) is 6.02. The molecule has 2 N–H and O–H groups in total. The van der Waals surface area contributed by atoms with Crippen LogP contribution in [0.15, 0.2) is 48.0 Å². The number of ketones is 1. The van der Waals surface area contributed by atoms with Crippen molar-refractivity contribution in [2.45, 2.75) is 25.5 Å². The number of amides is 1. The third kappa shape index (κ3) is 4.15. The van der Waals surface area contributed by atoms with Crippen LogP contribution in [0.3, 0.4) is 0 Å².